The normalized spacial score (nSPS) is 15.6. The molecule has 3 heterocycles. The molecule has 0 radical (unpaired) electrons. The molecule has 1 fully saturated rings. The van der Waals surface area contributed by atoms with Gasteiger partial charge in [0.2, 0.25) is 0 Å². The molecule has 2 aromatic heterocycles. The number of methoxy groups -OCH3 is 1. The Kier molecular flexibility index (Phi) is 4.85. The van der Waals surface area contributed by atoms with Crippen molar-refractivity contribution in [2.45, 2.75) is 6.54 Å². The van der Waals surface area contributed by atoms with E-state index in [1.165, 1.54) is 25.6 Å². The molecular formula is C21H16N4O5. The van der Waals surface area contributed by atoms with Crippen LogP contribution < -0.4 is 10.2 Å². The van der Waals surface area contributed by atoms with Crippen molar-refractivity contribution >= 4 is 46.5 Å². The molecule has 1 saturated heterocycles. The van der Waals surface area contributed by atoms with E-state index in [4.69, 9.17) is 4.74 Å². The lowest BCUT2D eigenvalue weighted by Gasteiger charge is -2.25. The highest BCUT2D eigenvalue weighted by molar-refractivity contribution is 6.39. The largest absolute Gasteiger partial charge is 0.468 e. The molecule has 1 aliphatic heterocycles. The number of nitrogens with zero attached hydrogens (tertiary/aromatic N) is 3. The van der Waals surface area contributed by atoms with Crippen LogP contribution in [0.15, 0.2) is 60.6 Å². The van der Waals surface area contributed by atoms with Crippen LogP contribution in [0, 0.1) is 0 Å². The average molecular weight is 404 g/mol. The van der Waals surface area contributed by atoms with Gasteiger partial charge in [0.15, 0.2) is 0 Å². The summed E-state index contributed by atoms with van der Waals surface area (Å²) in [5.41, 5.74) is 1.32. The van der Waals surface area contributed by atoms with Crippen LogP contribution in [-0.4, -0.2) is 40.5 Å². The Balaban J connectivity index is 1.79. The summed E-state index contributed by atoms with van der Waals surface area (Å²) in [4.78, 5) is 54.2. The summed E-state index contributed by atoms with van der Waals surface area (Å²) in [6, 6.07) is 9.52. The van der Waals surface area contributed by atoms with Crippen LogP contribution in [0.4, 0.5) is 10.5 Å². The Morgan fingerprint density at radius 2 is 1.97 bits per heavy atom. The van der Waals surface area contributed by atoms with Crippen LogP contribution >= 0.6 is 0 Å². The fraction of sp³-hybridized carbons (Fsp3) is 0.0952. The average Bonchev–Trinajstić information content (AvgIpc) is 3.09. The van der Waals surface area contributed by atoms with E-state index in [-0.39, 0.29) is 17.8 Å². The van der Waals surface area contributed by atoms with E-state index >= 15 is 0 Å². The van der Waals surface area contributed by atoms with Gasteiger partial charge < -0.3 is 9.30 Å². The van der Waals surface area contributed by atoms with Crippen LogP contribution in [0.3, 0.4) is 0 Å². The van der Waals surface area contributed by atoms with Gasteiger partial charge in [-0.25, -0.2) is 9.69 Å². The van der Waals surface area contributed by atoms with Gasteiger partial charge >= 0.3 is 12.0 Å². The number of fused-ring (bicyclic) bond motifs is 1. The number of aromatic nitrogens is 2. The van der Waals surface area contributed by atoms with Crippen molar-refractivity contribution in [1.29, 1.82) is 0 Å². The van der Waals surface area contributed by atoms with E-state index in [1.54, 1.807) is 29.0 Å². The number of para-hydroxylation sites is 1. The first-order valence-corrected chi connectivity index (χ1v) is 8.96. The molecule has 150 valence electrons. The van der Waals surface area contributed by atoms with E-state index in [9.17, 15) is 19.2 Å². The number of urea groups is 1. The Labute approximate surface area is 170 Å². The number of hydrogen-bond donors (Lipinski definition) is 1. The van der Waals surface area contributed by atoms with E-state index in [0.29, 0.717) is 5.56 Å². The number of pyridine rings is 1. The number of carbonyl (C=O) groups is 4. The van der Waals surface area contributed by atoms with E-state index in [1.807, 2.05) is 18.2 Å². The van der Waals surface area contributed by atoms with Crippen LogP contribution in [-0.2, 0) is 25.7 Å². The van der Waals surface area contributed by atoms with Gasteiger partial charge in [-0.1, -0.05) is 18.2 Å². The zero-order valence-electron chi connectivity index (χ0n) is 15.9. The quantitative estimate of drug-likeness (QED) is 0.404. The van der Waals surface area contributed by atoms with Gasteiger partial charge in [-0.2, -0.15) is 0 Å². The van der Waals surface area contributed by atoms with Crippen LogP contribution in [0.2, 0.25) is 0 Å². The SMILES string of the molecule is COC(=O)Cn1cc(/C=C2\C(=O)NC(=O)N(c3cccnc3)C2=O)c2ccccc21. The molecule has 4 amide bonds. The molecule has 30 heavy (non-hydrogen) atoms. The van der Waals surface area contributed by atoms with Gasteiger partial charge in [0.1, 0.15) is 12.1 Å². The van der Waals surface area contributed by atoms with Gasteiger partial charge in [-0.3, -0.25) is 24.7 Å². The number of imide groups is 2. The minimum Gasteiger partial charge on any atom is -0.468 e. The maximum Gasteiger partial charge on any atom is 0.336 e. The topological polar surface area (TPSA) is 111 Å². The number of barbiturate groups is 1. The molecule has 9 heteroatoms. The van der Waals surface area contributed by atoms with Crippen molar-refractivity contribution in [2.24, 2.45) is 0 Å². The highest BCUT2D eigenvalue weighted by Crippen LogP contribution is 2.26. The maximum atomic E-state index is 13.0. The van der Waals surface area contributed by atoms with Crippen molar-refractivity contribution in [3.8, 4) is 0 Å². The molecule has 1 aliphatic rings. The van der Waals surface area contributed by atoms with E-state index in [2.05, 4.69) is 10.3 Å². The summed E-state index contributed by atoms with van der Waals surface area (Å²) < 4.78 is 6.40. The predicted molar refractivity (Wildman–Crippen MR) is 107 cm³/mol. The third-order valence-electron chi connectivity index (χ3n) is 4.65. The van der Waals surface area contributed by atoms with Gasteiger partial charge in [0.05, 0.1) is 19.0 Å². The molecule has 0 atom stereocenters. The number of carbonyl (C=O) groups excluding carboxylic acids is 4. The van der Waals surface area contributed by atoms with Crippen molar-refractivity contribution in [1.82, 2.24) is 14.9 Å². The zero-order chi connectivity index (χ0) is 21.3. The lowest BCUT2D eigenvalue weighted by Crippen LogP contribution is -2.54. The summed E-state index contributed by atoms with van der Waals surface area (Å²) in [5.74, 6) is -1.99. The summed E-state index contributed by atoms with van der Waals surface area (Å²) in [7, 11) is 1.30. The van der Waals surface area contributed by atoms with Gasteiger partial charge in [0, 0.05) is 28.9 Å². The van der Waals surface area contributed by atoms with Crippen LogP contribution in [0.1, 0.15) is 5.56 Å². The molecule has 1 N–H and O–H groups in total. The highest BCUT2D eigenvalue weighted by Gasteiger charge is 2.37. The molecule has 0 bridgehead atoms. The molecule has 3 aromatic rings. The van der Waals surface area contributed by atoms with E-state index in [0.717, 1.165) is 15.8 Å². The summed E-state index contributed by atoms with van der Waals surface area (Å²) in [6.45, 7) is -0.0272. The van der Waals surface area contributed by atoms with Gasteiger partial charge in [-0.15, -0.1) is 0 Å². The number of rotatable bonds is 4. The standard InChI is InChI=1S/C21H16N4O5/c1-30-18(26)12-24-11-13(15-6-2-3-7-17(15)24)9-16-19(27)23-21(29)25(20(16)28)14-5-4-8-22-10-14/h2-11H,12H2,1H3,(H,23,27,29)/b16-9+. The maximum absolute atomic E-state index is 13.0. The Morgan fingerprint density at radius 3 is 2.70 bits per heavy atom. The number of hydrogen-bond acceptors (Lipinski definition) is 6. The fourth-order valence-electron chi connectivity index (χ4n) is 3.26. The Hall–Kier alpha value is -4.27. The molecule has 9 nitrogen and oxygen atoms in total. The minimum atomic E-state index is -0.844. The Bertz CT molecular complexity index is 1210. The van der Waals surface area contributed by atoms with Gasteiger partial charge in [-0.05, 0) is 24.3 Å². The predicted octanol–water partition coefficient (Wildman–Crippen LogP) is 1.88. The minimum absolute atomic E-state index is 0.0272. The number of ether oxygens (including phenoxy) is 1. The van der Waals surface area contributed by atoms with Crippen molar-refractivity contribution in [2.75, 3.05) is 12.0 Å². The fourth-order valence-corrected chi connectivity index (χ4v) is 3.26. The Morgan fingerprint density at radius 1 is 1.17 bits per heavy atom. The first-order chi connectivity index (χ1) is 14.5. The monoisotopic (exact) mass is 404 g/mol. The molecule has 0 saturated carbocycles. The number of benzene rings is 1. The lowest BCUT2D eigenvalue weighted by molar-refractivity contribution is -0.141. The summed E-state index contributed by atoms with van der Waals surface area (Å²) in [6.07, 6.45) is 5.92. The second-order valence-electron chi connectivity index (χ2n) is 6.47. The molecular weight excluding hydrogens is 388 g/mol. The number of anilines is 1. The van der Waals surface area contributed by atoms with Crippen molar-refractivity contribution < 1.29 is 23.9 Å². The second kappa shape index (κ2) is 7.63. The van der Waals surface area contributed by atoms with Gasteiger partial charge in [0.25, 0.3) is 11.8 Å². The number of esters is 1. The molecule has 1 aromatic carbocycles. The molecule has 0 aliphatic carbocycles. The van der Waals surface area contributed by atoms with Crippen LogP contribution in [0.25, 0.3) is 17.0 Å². The number of nitrogens with one attached hydrogen (secondary N) is 1. The second-order valence-corrected chi connectivity index (χ2v) is 6.47. The van der Waals surface area contributed by atoms with Crippen molar-refractivity contribution in [3.05, 3.63) is 66.1 Å². The van der Waals surface area contributed by atoms with E-state index < -0.39 is 23.8 Å². The number of amides is 4. The molecule has 0 unspecified atom stereocenters. The first-order valence-electron chi connectivity index (χ1n) is 8.96. The van der Waals surface area contributed by atoms with Crippen LogP contribution in [0.5, 0.6) is 0 Å². The third kappa shape index (κ3) is 3.32. The first kappa shape index (κ1) is 19.1. The van der Waals surface area contributed by atoms with Crippen molar-refractivity contribution in [3.63, 3.8) is 0 Å². The lowest BCUT2D eigenvalue weighted by atomic mass is 10.1. The molecule has 0 spiro atoms. The smallest absolute Gasteiger partial charge is 0.336 e. The zero-order valence-corrected chi connectivity index (χ0v) is 15.9. The summed E-state index contributed by atoms with van der Waals surface area (Å²) in [5, 5.41) is 2.91. The third-order valence-corrected chi connectivity index (χ3v) is 4.65. The summed E-state index contributed by atoms with van der Waals surface area (Å²) >= 11 is 0. The molecule has 4 rings (SSSR count). The highest BCUT2D eigenvalue weighted by atomic mass is 16.5.